The summed E-state index contributed by atoms with van der Waals surface area (Å²) in [5.74, 6) is 0.601. The van der Waals surface area contributed by atoms with Crippen LogP contribution in [0.1, 0.15) is 16.7 Å². The molecule has 0 aliphatic heterocycles. The molecule has 6 heteroatoms. The van der Waals surface area contributed by atoms with E-state index in [0.29, 0.717) is 23.6 Å². The van der Waals surface area contributed by atoms with Crippen molar-refractivity contribution in [1.29, 1.82) is 5.26 Å². The summed E-state index contributed by atoms with van der Waals surface area (Å²) < 4.78 is 1.46. The molecule has 2 aromatic carbocycles. The minimum absolute atomic E-state index is 0.238. The zero-order chi connectivity index (χ0) is 18.1. The largest absolute Gasteiger partial charge is 0.382 e. The average Bonchev–Trinajstić information content (AvgIpc) is 2.99. The molecule has 0 aliphatic rings. The molecule has 2 heterocycles. The Morgan fingerprint density at radius 3 is 2.27 bits per heavy atom. The van der Waals surface area contributed by atoms with Crippen LogP contribution in [0.5, 0.6) is 0 Å². The fourth-order valence-corrected chi connectivity index (χ4v) is 3.01. The van der Waals surface area contributed by atoms with Crippen molar-refractivity contribution in [2.24, 2.45) is 0 Å². The van der Waals surface area contributed by atoms with Crippen molar-refractivity contribution in [2.45, 2.75) is 6.42 Å². The van der Waals surface area contributed by atoms with Gasteiger partial charge >= 0.3 is 0 Å². The number of fused-ring (bicyclic) bond motifs is 1. The molecule has 0 saturated heterocycles. The Labute approximate surface area is 150 Å². The number of rotatable bonds is 3. The molecular formula is C20H16N6. The normalized spacial score (nSPS) is 10.7. The van der Waals surface area contributed by atoms with Crippen LogP contribution in [-0.2, 0) is 6.42 Å². The van der Waals surface area contributed by atoms with Crippen molar-refractivity contribution >= 4 is 17.3 Å². The second-order valence-corrected chi connectivity index (χ2v) is 5.96. The van der Waals surface area contributed by atoms with Gasteiger partial charge in [0.1, 0.15) is 17.5 Å². The topological polar surface area (TPSA) is 106 Å². The van der Waals surface area contributed by atoms with Gasteiger partial charge < -0.3 is 11.5 Å². The van der Waals surface area contributed by atoms with E-state index in [1.165, 1.54) is 4.52 Å². The van der Waals surface area contributed by atoms with Crippen LogP contribution in [0.3, 0.4) is 0 Å². The second-order valence-electron chi connectivity index (χ2n) is 5.96. The standard InChI is InChI=1S/C20H16N6/c21-12-16-17(14-9-5-2-6-10-14)24-20-15(11-13-7-3-1-4-8-13)18(22)25-26(20)19(16)23/h1-10H,11,23H2,(H2,22,25). The van der Waals surface area contributed by atoms with Crippen LogP contribution in [0.15, 0.2) is 60.7 Å². The van der Waals surface area contributed by atoms with Gasteiger partial charge in [0.25, 0.3) is 0 Å². The van der Waals surface area contributed by atoms with E-state index in [1.807, 2.05) is 60.7 Å². The lowest BCUT2D eigenvalue weighted by molar-refractivity contribution is 0.955. The quantitative estimate of drug-likeness (QED) is 0.596. The van der Waals surface area contributed by atoms with Gasteiger partial charge in [-0.15, -0.1) is 5.10 Å². The molecule has 0 bridgehead atoms. The first-order valence-corrected chi connectivity index (χ1v) is 8.15. The van der Waals surface area contributed by atoms with E-state index in [-0.39, 0.29) is 11.4 Å². The molecule has 0 spiro atoms. The molecule has 0 aliphatic carbocycles. The molecule has 0 fully saturated rings. The van der Waals surface area contributed by atoms with Gasteiger partial charge in [0.05, 0.1) is 5.69 Å². The number of anilines is 2. The summed E-state index contributed by atoms with van der Waals surface area (Å²) in [6.07, 6.45) is 0.586. The number of aromatic nitrogens is 3. The Bertz CT molecular complexity index is 1120. The maximum absolute atomic E-state index is 9.59. The van der Waals surface area contributed by atoms with E-state index >= 15 is 0 Å². The van der Waals surface area contributed by atoms with Gasteiger partial charge in [0.2, 0.25) is 0 Å². The summed E-state index contributed by atoms with van der Waals surface area (Å²) >= 11 is 0. The minimum Gasteiger partial charge on any atom is -0.382 e. The summed E-state index contributed by atoms with van der Waals surface area (Å²) in [7, 11) is 0. The lowest BCUT2D eigenvalue weighted by Gasteiger charge is -2.09. The van der Waals surface area contributed by atoms with Crippen LogP contribution in [0.25, 0.3) is 16.9 Å². The molecule has 6 nitrogen and oxygen atoms in total. The molecule has 26 heavy (non-hydrogen) atoms. The first kappa shape index (κ1) is 15.7. The predicted molar refractivity (Wildman–Crippen MR) is 101 cm³/mol. The third-order valence-electron chi connectivity index (χ3n) is 4.31. The molecule has 0 unspecified atom stereocenters. The van der Waals surface area contributed by atoms with Gasteiger partial charge in [-0.25, -0.2) is 4.98 Å². The summed E-state index contributed by atoms with van der Waals surface area (Å²) in [4.78, 5) is 4.71. The molecule has 0 atom stereocenters. The summed E-state index contributed by atoms with van der Waals surface area (Å²) in [5.41, 5.74) is 16.5. The fraction of sp³-hybridized carbons (Fsp3) is 0.0500. The highest BCUT2D eigenvalue weighted by atomic mass is 15.3. The van der Waals surface area contributed by atoms with Crippen LogP contribution in [0.2, 0.25) is 0 Å². The van der Waals surface area contributed by atoms with Gasteiger partial charge in [-0.1, -0.05) is 60.7 Å². The smallest absolute Gasteiger partial charge is 0.163 e. The Hall–Kier alpha value is -3.85. The summed E-state index contributed by atoms with van der Waals surface area (Å²) in [5, 5.41) is 13.9. The molecule has 4 N–H and O–H groups in total. The maximum Gasteiger partial charge on any atom is 0.163 e. The van der Waals surface area contributed by atoms with Crippen molar-refractivity contribution < 1.29 is 0 Å². The van der Waals surface area contributed by atoms with E-state index in [0.717, 1.165) is 16.7 Å². The van der Waals surface area contributed by atoms with Crippen molar-refractivity contribution in [2.75, 3.05) is 11.5 Å². The van der Waals surface area contributed by atoms with Crippen molar-refractivity contribution in [3.63, 3.8) is 0 Å². The summed E-state index contributed by atoms with van der Waals surface area (Å²) in [6.45, 7) is 0. The van der Waals surface area contributed by atoms with E-state index in [9.17, 15) is 5.26 Å². The number of nitrogens with two attached hydrogens (primary N) is 2. The monoisotopic (exact) mass is 340 g/mol. The van der Waals surface area contributed by atoms with Crippen LogP contribution >= 0.6 is 0 Å². The van der Waals surface area contributed by atoms with E-state index in [1.54, 1.807) is 0 Å². The highest BCUT2D eigenvalue weighted by Crippen LogP contribution is 2.30. The number of nitriles is 1. The predicted octanol–water partition coefficient (Wildman–Crippen LogP) is 3.02. The Balaban J connectivity index is 1.97. The zero-order valence-corrected chi connectivity index (χ0v) is 13.9. The van der Waals surface area contributed by atoms with Crippen LogP contribution in [-0.4, -0.2) is 14.6 Å². The number of hydrogen-bond donors (Lipinski definition) is 2. The zero-order valence-electron chi connectivity index (χ0n) is 13.9. The van der Waals surface area contributed by atoms with E-state index < -0.39 is 0 Å². The average molecular weight is 340 g/mol. The lowest BCUT2D eigenvalue weighted by atomic mass is 10.1. The molecule has 0 radical (unpaired) electrons. The highest BCUT2D eigenvalue weighted by Gasteiger charge is 2.20. The molecule has 126 valence electrons. The lowest BCUT2D eigenvalue weighted by Crippen LogP contribution is -2.06. The van der Waals surface area contributed by atoms with E-state index in [4.69, 9.17) is 16.5 Å². The minimum atomic E-state index is 0.238. The molecular weight excluding hydrogens is 324 g/mol. The summed E-state index contributed by atoms with van der Waals surface area (Å²) in [6, 6.07) is 21.6. The van der Waals surface area contributed by atoms with Crippen molar-refractivity contribution in [1.82, 2.24) is 14.6 Å². The van der Waals surface area contributed by atoms with Crippen LogP contribution in [0.4, 0.5) is 11.6 Å². The Morgan fingerprint density at radius 1 is 0.962 bits per heavy atom. The maximum atomic E-state index is 9.59. The van der Waals surface area contributed by atoms with Crippen LogP contribution < -0.4 is 11.5 Å². The first-order chi connectivity index (χ1) is 12.7. The fourth-order valence-electron chi connectivity index (χ4n) is 3.01. The van der Waals surface area contributed by atoms with Crippen LogP contribution in [0, 0.1) is 11.3 Å². The molecule has 0 amide bonds. The molecule has 2 aromatic heterocycles. The van der Waals surface area contributed by atoms with Gasteiger partial charge in [0, 0.05) is 17.5 Å². The SMILES string of the molecule is N#Cc1c(-c2ccccc2)nc2c(Cc3ccccc3)c(N)nn2c1N. The Kier molecular flexibility index (Phi) is 3.75. The number of nitrogen functional groups attached to an aromatic ring is 2. The van der Waals surface area contributed by atoms with Gasteiger partial charge in [-0.05, 0) is 5.56 Å². The number of benzene rings is 2. The number of hydrogen-bond acceptors (Lipinski definition) is 5. The third-order valence-corrected chi connectivity index (χ3v) is 4.31. The number of nitrogens with zero attached hydrogens (tertiary/aromatic N) is 4. The first-order valence-electron chi connectivity index (χ1n) is 8.15. The molecule has 4 aromatic rings. The second kappa shape index (κ2) is 6.22. The van der Waals surface area contributed by atoms with E-state index in [2.05, 4.69) is 11.2 Å². The molecule has 4 rings (SSSR count). The molecule has 0 saturated carbocycles. The van der Waals surface area contributed by atoms with Gasteiger partial charge in [-0.3, -0.25) is 0 Å². The van der Waals surface area contributed by atoms with Crippen molar-refractivity contribution in [3.8, 4) is 17.3 Å². The van der Waals surface area contributed by atoms with Gasteiger partial charge in [-0.2, -0.15) is 9.78 Å². The van der Waals surface area contributed by atoms with Gasteiger partial charge in [0.15, 0.2) is 11.5 Å². The highest BCUT2D eigenvalue weighted by molar-refractivity contribution is 5.77. The Morgan fingerprint density at radius 2 is 1.62 bits per heavy atom. The van der Waals surface area contributed by atoms with Crippen molar-refractivity contribution in [3.05, 3.63) is 77.4 Å². The third kappa shape index (κ3) is 2.52.